The first kappa shape index (κ1) is 13.9. The standard InChI is InChI=1S/C11H11BrN4O2S/c1-7-8(2)14-15-11(13-7)16-19(17,18)10-5-3-4-9(12)6-10/h3-6H,1-2H3,(H,13,15,16). The Morgan fingerprint density at radius 2 is 1.89 bits per heavy atom. The number of hydrogen-bond acceptors (Lipinski definition) is 5. The van der Waals surface area contributed by atoms with Crippen LogP contribution in [0.15, 0.2) is 33.6 Å². The second-order valence-electron chi connectivity index (χ2n) is 3.87. The van der Waals surface area contributed by atoms with Gasteiger partial charge in [-0.1, -0.05) is 22.0 Å². The molecular weight excluding hydrogens is 332 g/mol. The van der Waals surface area contributed by atoms with E-state index < -0.39 is 10.0 Å². The van der Waals surface area contributed by atoms with Crippen molar-refractivity contribution in [2.45, 2.75) is 18.7 Å². The summed E-state index contributed by atoms with van der Waals surface area (Å²) in [5, 5.41) is 7.53. The molecule has 0 radical (unpaired) electrons. The van der Waals surface area contributed by atoms with E-state index in [0.29, 0.717) is 15.9 Å². The van der Waals surface area contributed by atoms with Crippen LogP contribution in [0.5, 0.6) is 0 Å². The van der Waals surface area contributed by atoms with Crippen LogP contribution in [0, 0.1) is 13.8 Å². The third-order valence-electron chi connectivity index (χ3n) is 2.42. The van der Waals surface area contributed by atoms with Crippen molar-refractivity contribution in [1.82, 2.24) is 15.2 Å². The highest BCUT2D eigenvalue weighted by Crippen LogP contribution is 2.18. The van der Waals surface area contributed by atoms with Crippen molar-refractivity contribution in [3.05, 3.63) is 40.1 Å². The van der Waals surface area contributed by atoms with E-state index in [1.165, 1.54) is 12.1 Å². The second-order valence-corrected chi connectivity index (χ2v) is 6.47. The Morgan fingerprint density at radius 1 is 1.16 bits per heavy atom. The van der Waals surface area contributed by atoms with Crippen LogP contribution in [-0.2, 0) is 10.0 Å². The van der Waals surface area contributed by atoms with Gasteiger partial charge in [-0.25, -0.2) is 18.1 Å². The molecule has 1 heterocycles. The van der Waals surface area contributed by atoms with Gasteiger partial charge in [-0.15, -0.1) is 5.10 Å². The molecule has 100 valence electrons. The maximum atomic E-state index is 12.1. The van der Waals surface area contributed by atoms with E-state index in [1.54, 1.807) is 26.0 Å². The maximum Gasteiger partial charge on any atom is 0.264 e. The van der Waals surface area contributed by atoms with Crippen LogP contribution < -0.4 is 4.72 Å². The van der Waals surface area contributed by atoms with Crippen molar-refractivity contribution in [2.75, 3.05) is 4.72 Å². The van der Waals surface area contributed by atoms with Gasteiger partial charge in [-0.05, 0) is 32.0 Å². The van der Waals surface area contributed by atoms with Crippen molar-refractivity contribution in [1.29, 1.82) is 0 Å². The predicted octanol–water partition coefficient (Wildman–Crippen LogP) is 2.05. The molecule has 0 saturated heterocycles. The van der Waals surface area contributed by atoms with Crippen molar-refractivity contribution < 1.29 is 8.42 Å². The Hall–Kier alpha value is -1.54. The first-order valence-electron chi connectivity index (χ1n) is 5.35. The Balaban J connectivity index is 2.33. The number of halogens is 1. The van der Waals surface area contributed by atoms with E-state index in [-0.39, 0.29) is 10.8 Å². The molecule has 0 aliphatic rings. The van der Waals surface area contributed by atoms with Gasteiger partial charge in [0.25, 0.3) is 16.0 Å². The first-order valence-corrected chi connectivity index (χ1v) is 7.62. The summed E-state index contributed by atoms with van der Waals surface area (Å²) in [6.45, 7) is 3.49. The largest absolute Gasteiger partial charge is 0.264 e. The molecule has 0 amide bonds. The lowest BCUT2D eigenvalue weighted by molar-refractivity contribution is 0.600. The van der Waals surface area contributed by atoms with Gasteiger partial charge in [0.15, 0.2) is 0 Å². The van der Waals surface area contributed by atoms with E-state index >= 15 is 0 Å². The normalized spacial score (nSPS) is 11.3. The Labute approximate surface area is 119 Å². The fourth-order valence-electron chi connectivity index (χ4n) is 1.31. The zero-order valence-corrected chi connectivity index (χ0v) is 12.7. The minimum atomic E-state index is -3.71. The highest BCUT2D eigenvalue weighted by Gasteiger charge is 2.16. The predicted molar refractivity (Wildman–Crippen MR) is 74.3 cm³/mol. The van der Waals surface area contributed by atoms with Crippen LogP contribution in [0.4, 0.5) is 5.95 Å². The molecule has 1 aromatic carbocycles. The molecule has 19 heavy (non-hydrogen) atoms. The van der Waals surface area contributed by atoms with Crippen molar-refractivity contribution >= 4 is 31.9 Å². The topological polar surface area (TPSA) is 84.8 Å². The number of sulfonamides is 1. The summed E-state index contributed by atoms with van der Waals surface area (Å²) in [5.41, 5.74) is 1.28. The number of rotatable bonds is 3. The summed E-state index contributed by atoms with van der Waals surface area (Å²) in [4.78, 5) is 4.16. The molecule has 0 bridgehead atoms. The number of nitrogens with one attached hydrogen (secondary N) is 1. The smallest absolute Gasteiger partial charge is 0.246 e. The average Bonchev–Trinajstić information content (AvgIpc) is 2.33. The molecule has 8 heteroatoms. The van der Waals surface area contributed by atoms with Crippen LogP contribution in [0.25, 0.3) is 0 Å². The van der Waals surface area contributed by atoms with Gasteiger partial charge in [0.1, 0.15) is 0 Å². The number of aromatic nitrogens is 3. The minimum absolute atomic E-state index is 0.0388. The number of nitrogens with zero attached hydrogens (tertiary/aromatic N) is 3. The lowest BCUT2D eigenvalue weighted by Gasteiger charge is -2.07. The summed E-state index contributed by atoms with van der Waals surface area (Å²) in [6, 6.07) is 6.36. The van der Waals surface area contributed by atoms with Crippen molar-refractivity contribution in [3.8, 4) is 0 Å². The van der Waals surface area contributed by atoms with E-state index in [2.05, 4.69) is 35.8 Å². The van der Waals surface area contributed by atoms with E-state index in [9.17, 15) is 8.42 Å². The molecule has 2 aromatic rings. The van der Waals surface area contributed by atoms with E-state index in [0.717, 1.165) is 0 Å². The summed E-state index contributed by atoms with van der Waals surface area (Å²) in [6.07, 6.45) is 0. The van der Waals surface area contributed by atoms with Gasteiger partial charge in [-0.3, -0.25) is 0 Å². The molecule has 6 nitrogen and oxygen atoms in total. The van der Waals surface area contributed by atoms with Crippen LogP contribution in [0.3, 0.4) is 0 Å². The highest BCUT2D eigenvalue weighted by molar-refractivity contribution is 9.10. The SMILES string of the molecule is Cc1nnc(NS(=O)(=O)c2cccc(Br)c2)nc1C. The zero-order valence-electron chi connectivity index (χ0n) is 10.3. The lowest BCUT2D eigenvalue weighted by atomic mass is 10.4. The Morgan fingerprint density at radius 3 is 2.53 bits per heavy atom. The number of hydrogen-bond donors (Lipinski definition) is 1. The summed E-state index contributed by atoms with van der Waals surface area (Å²) >= 11 is 3.23. The second kappa shape index (κ2) is 5.22. The molecular formula is C11H11BrN4O2S. The third kappa shape index (κ3) is 3.27. The zero-order chi connectivity index (χ0) is 14.0. The number of benzene rings is 1. The molecule has 1 N–H and O–H groups in total. The van der Waals surface area contributed by atoms with Crippen molar-refractivity contribution in [2.24, 2.45) is 0 Å². The van der Waals surface area contributed by atoms with Gasteiger partial charge in [-0.2, -0.15) is 5.10 Å². The summed E-state index contributed by atoms with van der Waals surface area (Å²) in [7, 11) is -3.71. The average molecular weight is 343 g/mol. The molecule has 2 rings (SSSR count). The van der Waals surface area contributed by atoms with E-state index in [4.69, 9.17) is 0 Å². The van der Waals surface area contributed by atoms with Crippen molar-refractivity contribution in [3.63, 3.8) is 0 Å². The Kier molecular flexibility index (Phi) is 3.81. The quantitative estimate of drug-likeness (QED) is 0.922. The van der Waals surface area contributed by atoms with Gasteiger partial charge in [0, 0.05) is 4.47 Å². The third-order valence-corrected chi connectivity index (χ3v) is 4.24. The maximum absolute atomic E-state index is 12.1. The Bertz CT molecular complexity index is 718. The molecule has 0 spiro atoms. The van der Waals surface area contributed by atoms with Crippen LogP contribution in [0.2, 0.25) is 0 Å². The monoisotopic (exact) mass is 342 g/mol. The fourth-order valence-corrected chi connectivity index (χ4v) is 2.85. The van der Waals surface area contributed by atoms with Gasteiger partial charge < -0.3 is 0 Å². The molecule has 0 aliphatic carbocycles. The molecule has 0 atom stereocenters. The molecule has 1 aromatic heterocycles. The highest BCUT2D eigenvalue weighted by atomic mass is 79.9. The fraction of sp³-hybridized carbons (Fsp3) is 0.182. The molecule has 0 saturated carbocycles. The molecule has 0 aliphatic heterocycles. The summed E-state index contributed by atoms with van der Waals surface area (Å²) < 4.78 is 27.2. The van der Waals surface area contributed by atoms with Gasteiger partial charge >= 0.3 is 0 Å². The van der Waals surface area contributed by atoms with Crippen LogP contribution in [0.1, 0.15) is 11.4 Å². The van der Waals surface area contributed by atoms with Gasteiger partial charge in [0.05, 0.1) is 16.3 Å². The van der Waals surface area contributed by atoms with Crippen LogP contribution >= 0.6 is 15.9 Å². The first-order chi connectivity index (χ1) is 8.88. The lowest BCUT2D eigenvalue weighted by Crippen LogP contribution is -2.16. The number of aryl methyl sites for hydroxylation is 2. The van der Waals surface area contributed by atoms with Crippen LogP contribution in [-0.4, -0.2) is 23.6 Å². The molecule has 0 unspecified atom stereocenters. The number of anilines is 1. The summed E-state index contributed by atoms with van der Waals surface area (Å²) in [5.74, 6) is -0.0388. The van der Waals surface area contributed by atoms with E-state index in [1.807, 2.05) is 0 Å². The minimum Gasteiger partial charge on any atom is -0.246 e. The van der Waals surface area contributed by atoms with Gasteiger partial charge in [0.2, 0.25) is 0 Å². The molecule has 0 fully saturated rings.